The SMILES string of the molecule is O=C1[C@H]2[C@H](CC=C3[C@H]2C[C@@]2(Cl)C(=O)N(c4ccc(F)cc4)C(=O)[C@@]2(Cl)[C@H]3c2ccc(CO)o2)C(=O)N1Cc1ccccc1. The predicted molar refractivity (Wildman–Crippen MR) is 153 cm³/mol. The minimum absolute atomic E-state index is 0.0936. The topological polar surface area (TPSA) is 108 Å². The van der Waals surface area contributed by atoms with E-state index in [-0.39, 0.29) is 48.4 Å². The number of rotatable bonds is 5. The van der Waals surface area contributed by atoms with E-state index in [4.69, 9.17) is 27.6 Å². The van der Waals surface area contributed by atoms with Crippen LogP contribution < -0.4 is 4.90 Å². The molecule has 4 aliphatic rings. The van der Waals surface area contributed by atoms with E-state index in [2.05, 4.69) is 0 Å². The maximum Gasteiger partial charge on any atom is 0.258 e. The third-order valence-electron chi connectivity index (χ3n) is 9.29. The molecule has 6 atom stereocenters. The summed E-state index contributed by atoms with van der Waals surface area (Å²) in [5.41, 5.74) is 1.47. The molecule has 7 rings (SSSR count). The summed E-state index contributed by atoms with van der Waals surface area (Å²) in [5.74, 6) is -5.76. The number of nitrogens with zero attached hydrogens (tertiary/aromatic N) is 2. The lowest BCUT2D eigenvalue weighted by molar-refractivity contribution is -0.141. The number of furan rings is 1. The van der Waals surface area contributed by atoms with Crippen molar-refractivity contribution < 1.29 is 33.1 Å². The summed E-state index contributed by atoms with van der Waals surface area (Å²) in [7, 11) is 0. The van der Waals surface area contributed by atoms with Gasteiger partial charge in [-0.25, -0.2) is 9.29 Å². The number of allylic oxidation sites excluding steroid dienone is 2. The number of alkyl halides is 2. The highest BCUT2D eigenvalue weighted by Crippen LogP contribution is 2.65. The van der Waals surface area contributed by atoms with Crippen molar-refractivity contribution in [3.05, 3.63) is 101 Å². The number of amides is 4. The fraction of sp³-hybridized carbons (Fsp3) is 0.312. The maximum absolute atomic E-state index is 14.2. The van der Waals surface area contributed by atoms with Gasteiger partial charge in [0.05, 0.1) is 30.0 Å². The van der Waals surface area contributed by atoms with Crippen LogP contribution in [0.4, 0.5) is 10.1 Å². The summed E-state index contributed by atoms with van der Waals surface area (Å²) in [6, 6.07) is 17.1. The Kier molecular flexibility index (Phi) is 6.43. The molecule has 4 amide bonds. The Hall–Kier alpha value is -3.79. The number of carbonyl (C=O) groups is 4. The first-order chi connectivity index (χ1) is 20.6. The maximum atomic E-state index is 14.2. The summed E-state index contributed by atoms with van der Waals surface area (Å²) in [5, 5.41) is 9.71. The number of carbonyl (C=O) groups excluding carboxylic acids is 4. The number of fused-ring (bicyclic) bond motifs is 4. The molecule has 11 heteroatoms. The Balaban J connectivity index is 1.35. The Morgan fingerprint density at radius 2 is 1.63 bits per heavy atom. The molecule has 0 radical (unpaired) electrons. The molecule has 43 heavy (non-hydrogen) atoms. The third kappa shape index (κ3) is 3.84. The molecule has 3 aromatic rings. The zero-order valence-corrected chi connectivity index (χ0v) is 24.1. The number of hydrogen-bond acceptors (Lipinski definition) is 6. The summed E-state index contributed by atoms with van der Waals surface area (Å²) < 4.78 is 19.7. The molecule has 0 bridgehead atoms. The normalized spacial score (nSPS) is 31.7. The van der Waals surface area contributed by atoms with Crippen LogP contribution in [0.1, 0.15) is 35.8 Å². The number of anilines is 1. The van der Waals surface area contributed by atoms with Crippen LogP contribution in [0.25, 0.3) is 0 Å². The molecule has 3 fully saturated rings. The molecular formula is C32H25Cl2FN2O6. The van der Waals surface area contributed by atoms with Gasteiger partial charge in [0.1, 0.15) is 23.9 Å². The third-order valence-corrected chi connectivity index (χ3v) is 10.7. The molecule has 2 aliphatic heterocycles. The van der Waals surface area contributed by atoms with E-state index in [1.807, 2.05) is 36.4 Å². The van der Waals surface area contributed by atoms with Crippen molar-refractivity contribution in [1.82, 2.24) is 4.90 Å². The summed E-state index contributed by atoms with van der Waals surface area (Å²) in [6.45, 7) is -0.312. The van der Waals surface area contributed by atoms with Gasteiger partial charge in [-0.2, -0.15) is 0 Å². The first-order valence-electron chi connectivity index (χ1n) is 13.9. The quantitative estimate of drug-likeness (QED) is 0.252. The molecular weight excluding hydrogens is 598 g/mol. The molecule has 1 aromatic heterocycles. The number of hydrogen-bond donors (Lipinski definition) is 1. The average molecular weight is 623 g/mol. The number of aliphatic hydroxyl groups is 1. The van der Waals surface area contributed by atoms with E-state index in [1.54, 1.807) is 6.07 Å². The van der Waals surface area contributed by atoms with Crippen LogP contribution in [-0.2, 0) is 32.3 Å². The van der Waals surface area contributed by atoms with Crippen molar-refractivity contribution in [1.29, 1.82) is 0 Å². The number of benzene rings is 2. The second-order valence-corrected chi connectivity index (χ2v) is 12.7. The Morgan fingerprint density at radius 1 is 0.907 bits per heavy atom. The smallest absolute Gasteiger partial charge is 0.258 e. The van der Waals surface area contributed by atoms with E-state index in [0.717, 1.165) is 22.6 Å². The molecule has 8 nitrogen and oxygen atoms in total. The number of likely N-dealkylation sites (tertiary alicyclic amines) is 1. The molecule has 2 aliphatic carbocycles. The van der Waals surface area contributed by atoms with Crippen molar-refractivity contribution in [2.24, 2.45) is 17.8 Å². The fourth-order valence-corrected chi connectivity index (χ4v) is 8.25. The van der Waals surface area contributed by atoms with Gasteiger partial charge in [0.25, 0.3) is 11.8 Å². The van der Waals surface area contributed by atoms with E-state index < -0.39 is 57.7 Å². The van der Waals surface area contributed by atoms with Gasteiger partial charge in [-0.3, -0.25) is 24.1 Å². The second kappa shape index (κ2) is 9.87. The Bertz CT molecular complexity index is 1710. The van der Waals surface area contributed by atoms with Crippen LogP contribution in [0.5, 0.6) is 0 Å². The average Bonchev–Trinajstić information content (AvgIpc) is 3.61. The van der Waals surface area contributed by atoms with E-state index in [9.17, 15) is 28.7 Å². The second-order valence-electron chi connectivity index (χ2n) is 11.5. The first kappa shape index (κ1) is 28.0. The molecule has 2 saturated heterocycles. The first-order valence-corrected chi connectivity index (χ1v) is 14.7. The summed E-state index contributed by atoms with van der Waals surface area (Å²) >= 11 is 14.5. The summed E-state index contributed by atoms with van der Waals surface area (Å²) in [6.07, 6.45) is 1.85. The van der Waals surface area contributed by atoms with Gasteiger partial charge >= 0.3 is 0 Å². The van der Waals surface area contributed by atoms with Crippen LogP contribution in [0.3, 0.4) is 0 Å². The molecule has 1 N–H and O–H groups in total. The van der Waals surface area contributed by atoms with Crippen LogP contribution in [0, 0.1) is 23.6 Å². The molecule has 2 aromatic carbocycles. The van der Waals surface area contributed by atoms with Gasteiger partial charge in [-0.1, -0.05) is 42.0 Å². The fourth-order valence-electron chi connectivity index (χ4n) is 7.33. The van der Waals surface area contributed by atoms with E-state index >= 15 is 0 Å². The number of imide groups is 2. The molecule has 220 valence electrons. The van der Waals surface area contributed by atoms with Crippen molar-refractivity contribution in [2.75, 3.05) is 4.90 Å². The van der Waals surface area contributed by atoms with Crippen molar-refractivity contribution >= 4 is 52.5 Å². The highest BCUT2D eigenvalue weighted by Gasteiger charge is 2.77. The van der Waals surface area contributed by atoms with E-state index in [0.29, 0.717) is 5.57 Å². The molecule has 0 spiro atoms. The lowest BCUT2D eigenvalue weighted by atomic mass is 9.57. The van der Waals surface area contributed by atoms with Crippen LogP contribution in [0.2, 0.25) is 0 Å². The van der Waals surface area contributed by atoms with E-state index in [1.165, 1.54) is 23.1 Å². The van der Waals surface area contributed by atoms with Gasteiger partial charge in [0.2, 0.25) is 11.8 Å². The predicted octanol–water partition coefficient (Wildman–Crippen LogP) is 4.67. The largest absolute Gasteiger partial charge is 0.463 e. The minimum Gasteiger partial charge on any atom is -0.463 e. The van der Waals surface area contributed by atoms with Crippen molar-refractivity contribution in [3.8, 4) is 0 Å². The van der Waals surface area contributed by atoms with Gasteiger partial charge in [-0.15, -0.1) is 23.2 Å². The van der Waals surface area contributed by atoms with Gasteiger partial charge in [0.15, 0.2) is 9.75 Å². The highest BCUT2D eigenvalue weighted by atomic mass is 35.5. The lowest BCUT2D eigenvalue weighted by Gasteiger charge is -2.49. The zero-order valence-electron chi connectivity index (χ0n) is 22.6. The standard InChI is InChI=1S/C32H25Cl2FN2O6/c33-31-14-23-21(11-12-22-25(23)28(40)36(27(22)39)15-17-4-2-1-3-5-17)26(24-13-10-20(16-38)43-24)32(31,34)30(42)37(29(31)41)19-8-6-18(35)7-9-19/h1-11,13,22-23,25-26,38H,12,14-16H2/t22-,23+,25-,26+,31+,32-/m0/s1. The van der Waals surface area contributed by atoms with Crippen LogP contribution in [-0.4, -0.2) is 43.4 Å². The monoisotopic (exact) mass is 622 g/mol. The Morgan fingerprint density at radius 3 is 2.30 bits per heavy atom. The Labute approximate surface area is 255 Å². The minimum atomic E-state index is -2.09. The van der Waals surface area contributed by atoms with Gasteiger partial charge in [0, 0.05) is 0 Å². The van der Waals surface area contributed by atoms with Crippen LogP contribution in [0.15, 0.2) is 82.8 Å². The van der Waals surface area contributed by atoms with Crippen molar-refractivity contribution in [2.45, 2.75) is 41.7 Å². The summed E-state index contributed by atoms with van der Waals surface area (Å²) in [4.78, 5) is 54.0. The van der Waals surface area contributed by atoms with Crippen molar-refractivity contribution in [3.63, 3.8) is 0 Å². The molecule has 3 heterocycles. The molecule has 0 unspecified atom stereocenters. The highest BCUT2D eigenvalue weighted by molar-refractivity contribution is 6.58. The van der Waals surface area contributed by atoms with Crippen LogP contribution >= 0.6 is 23.2 Å². The van der Waals surface area contributed by atoms with Gasteiger partial charge in [-0.05, 0) is 60.7 Å². The number of halogens is 3. The lowest BCUT2D eigenvalue weighted by Crippen LogP contribution is -2.60. The molecule has 1 saturated carbocycles. The zero-order chi connectivity index (χ0) is 30.3. The number of aliphatic hydroxyl groups excluding tert-OH is 1. The van der Waals surface area contributed by atoms with Gasteiger partial charge < -0.3 is 9.52 Å².